The van der Waals surface area contributed by atoms with Crippen LogP contribution in [0.5, 0.6) is 0 Å². The summed E-state index contributed by atoms with van der Waals surface area (Å²) in [6, 6.07) is 0. The van der Waals surface area contributed by atoms with Gasteiger partial charge in [0.15, 0.2) is 0 Å². The highest BCUT2D eigenvalue weighted by molar-refractivity contribution is 5.94. The van der Waals surface area contributed by atoms with Gasteiger partial charge in [-0.2, -0.15) is 0 Å². The molecule has 0 N–H and O–H groups in total. The molecule has 0 nitrogen and oxygen atoms in total. The van der Waals surface area contributed by atoms with Crippen LogP contribution in [0.4, 0.5) is 4.39 Å². The molecule has 23 unspecified atom stereocenters. The lowest BCUT2D eigenvalue weighted by molar-refractivity contribution is -0.963. The van der Waals surface area contributed by atoms with E-state index in [1.807, 2.05) is 0 Å². The minimum Gasteiger partial charge on any atom is -0.246 e. The lowest BCUT2D eigenvalue weighted by Gasteiger charge is -3.41. The molecule has 0 aromatic heterocycles. The van der Waals surface area contributed by atoms with Crippen LogP contribution in [0.15, 0.2) is 0 Å². The predicted molar refractivity (Wildman–Crippen MR) is 85.0 cm³/mol. The second kappa shape index (κ2) is 1.55. The van der Waals surface area contributed by atoms with Crippen molar-refractivity contribution in [2.75, 3.05) is 0 Å². The van der Waals surface area contributed by atoms with Crippen LogP contribution >= 0.6 is 0 Å². The minimum atomic E-state index is -0.295. The predicted octanol–water partition coefficient (Wildman–Crippen LogP) is 2.98. The normalized spacial score (nSPS) is 126. The number of hydrogen-bond acceptors (Lipinski definition) is 0. The van der Waals surface area contributed by atoms with Crippen LogP contribution in [-0.2, 0) is 0 Å². The highest BCUT2D eigenvalue weighted by Gasteiger charge is 3.50. The van der Waals surface area contributed by atoms with Crippen LogP contribution < -0.4 is 0 Å². The summed E-state index contributed by atoms with van der Waals surface area (Å²) in [4.78, 5) is 0. The Balaban J connectivity index is 1.17. The number of alkyl halides is 1. The molecule has 0 radical (unpaired) electrons. The van der Waals surface area contributed by atoms with Crippen molar-refractivity contribution >= 4 is 0 Å². The molecular weight excluding hydrogens is 331 g/mol. The first-order chi connectivity index (χ1) is 13.3. The van der Waals surface area contributed by atoms with Gasteiger partial charge < -0.3 is 0 Å². The Bertz CT molecular complexity index is 1370. The van der Waals surface area contributed by atoms with E-state index in [9.17, 15) is 0 Å². The van der Waals surface area contributed by atoms with Crippen molar-refractivity contribution in [1.82, 2.24) is 0 Å². The number of hydrogen-bond donors (Lipinski definition) is 0. The molecule has 17 aliphatic carbocycles. The Kier molecular flexibility index (Phi) is 0.564. The summed E-state index contributed by atoms with van der Waals surface area (Å²) < 4.78 is 15.8. The molecule has 0 bridgehead atoms. The van der Waals surface area contributed by atoms with Crippen LogP contribution in [0, 0.1) is 125 Å². The molecule has 0 aromatic carbocycles. The summed E-state index contributed by atoms with van der Waals surface area (Å²) in [5.74, 6) is 13.7. The Morgan fingerprint density at radius 2 is 0.963 bits per heavy atom. The molecule has 130 valence electrons. The van der Waals surface area contributed by atoms with Crippen molar-refractivity contribution in [1.29, 1.82) is 0 Å². The summed E-state index contributed by atoms with van der Waals surface area (Å²) in [6.07, 6.45) is 4.45. The number of fused-ring (bicyclic) bond motifs is 8. The van der Waals surface area contributed by atoms with Crippen LogP contribution in [0.25, 0.3) is 0 Å². The van der Waals surface area contributed by atoms with Crippen molar-refractivity contribution in [2.24, 2.45) is 125 Å². The Labute approximate surface area is 155 Å². The van der Waals surface area contributed by atoms with E-state index in [-0.39, 0.29) is 6.17 Å². The zero-order chi connectivity index (χ0) is 15.6. The second-order valence-corrected chi connectivity index (χ2v) is 16.2. The van der Waals surface area contributed by atoms with Crippen molar-refractivity contribution in [3.05, 3.63) is 0 Å². The fourth-order valence-corrected chi connectivity index (χ4v) is 25.1. The van der Waals surface area contributed by atoms with Gasteiger partial charge in [0.25, 0.3) is 0 Å². The average Bonchev–Trinajstić information content (AvgIpc) is 3.11. The smallest absolute Gasteiger partial charge is 0.111 e. The van der Waals surface area contributed by atoms with Gasteiger partial charge in [0.05, 0.1) is 0 Å². The maximum Gasteiger partial charge on any atom is 0.111 e. The van der Waals surface area contributed by atoms with Crippen molar-refractivity contribution in [2.45, 2.75) is 25.4 Å². The quantitative estimate of drug-likeness (QED) is 0.630. The van der Waals surface area contributed by atoms with Crippen LogP contribution in [-0.4, -0.2) is 6.17 Å². The molecule has 17 saturated carbocycles. The van der Waals surface area contributed by atoms with E-state index in [1.165, 1.54) is 53.8 Å². The highest BCUT2D eigenvalue weighted by atomic mass is 19.1. The van der Waals surface area contributed by atoms with Gasteiger partial charge in [-0.3, -0.25) is 0 Å². The van der Waals surface area contributed by atoms with E-state index in [0.717, 1.165) is 61.1 Å². The zero-order valence-corrected chi connectivity index (χ0v) is 15.0. The topological polar surface area (TPSA) is 0 Å². The summed E-state index contributed by atoms with van der Waals surface area (Å²) in [5.41, 5.74) is 8.38. The SMILES string of the molecule is FC1C2CC3C4C5C6C7CC8C9CC%10C%11C%12C%13C1%14C23C41C%13%14C%122C%113C9%10C87C63C512. The maximum atomic E-state index is 15.8. The van der Waals surface area contributed by atoms with E-state index < -0.39 is 0 Å². The van der Waals surface area contributed by atoms with Gasteiger partial charge in [-0.15, -0.1) is 0 Å². The lowest BCUT2D eigenvalue weighted by Crippen LogP contribution is -3.40. The van der Waals surface area contributed by atoms with Crippen LogP contribution in [0.3, 0.4) is 0 Å². The molecule has 10 spiro atoms. The van der Waals surface area contributed by atoms with Crippen LogP contribution in [0.2, 0.25) is 0 Å². The lowest BCUT2D eigenvalue weighted by atomic mass is 8.61. The van der Waals surface area contributed by atoms with Gasteiger partial charge in [0.2, 0.25) is 0 Å². The summed E-state index contributed by atoms with van der Waals surface area (Å²) >= 11 is 0. The second-order valence-electron chi connectivity index (χ2n) is 16.2. The third kappa shape index (κ3) is 0.244. The molecule has 17 aliphatic rings. The van der Waals surface area contributed by atoms with Gasteiger partial charge >= 0.3 is 0 Å². The van der Waals surface area contributed by atoms with E-state index in [0.29, 0.717) is 16.7 Å². The molecule has 0 saturated heterocycles. The van der Waals surface area contributed by atoms with E-state index in [1.54, 1.807) is 12.8 Å². The Hall–Kier alpha value is -0.0700. The molecule has 17 rings (SSSR count). The molecule has 23 atom stereocenters. The monoisotopic (exact) mass is 350 g/mol. The first kappa shape index (κ1) is 9.82. The number of halogens is 1. The van der Waals surface area contributed by atoms with E-state index in [4.69, 9.17) is 0 Å². The third-order valence-corrected chi connectivity index (χ3v) is 20.8. The first-order valence-corrected chi connectivity index (χ1v) is 13.0. The fraction of sp³-hybridized carbons (Fsp3) is 1.00. The summed E-state index contributed by atoms with van der Waals surface area (Å²) in [6.45, 7) is 0. The standard InChI is InChI=1S/C26H19F/c27-16-9-3-8-11-13-10-6-1-4-5-2-7-12-14-15-20(16)19(8,9)23(11)24(13)21(10)17(4,6)18(5,7)22(12,21)25(14,24)26(15,20)23/h4-16H,1-3H2. The molecular formula is C26H19F. The average molecular weight is 350 g/mol. The minimum absolute atomic E-state index is 0.295. The van der Waals surface area contributed by atoms with Crippen LogP contribution in [0.1, 0.15) is 19.3 Å². The van der Waals surface area contributed by atoms with Gasteiger partial charge in [-0.05, 0) is 139 Å². The van der Waals surface area contributed by atoms with Gasteiger partial charge in [0, 0.05) is 5.41 Å². The van der Waals surface area contributed by atoms with Crippen molar-refractivity contribution < 1.29 is 4.39 Å². The maximum absolute atomic E-state index is 15.8. The van der Waals surface area contributed by atoms with Gasteiger partial charge in [-0.1, -0.05) is 0 Å². The number of rotatable bonds is 0. The van der Waals surface area contributed by atoms with Gasteiger partial charge in [0.1, 0.15) is 6.17 Å². The Morgan fingerprint density at radius 1 is 0.444 bits per heavy atom. The molecule has 0 aromatic rings. The zero-order valence-electron chi connectivity index (χ0n) is 15.0. The first-order valence-electron chi connectivity index (χ1n) is 13.0. The molecule has 0 heterocycles. The van der Waals surface area contributed by atoms with E-state index >= 15 is 4.39 Å². The summed E-state index contributed by atoms with van der Waals surface area (Å²) in [5, 5.41) is 0. The van der Waals surface area contributed by atoms with Crippen molar-refractivity contribution in [3.63, 3.8) is 0 Å². The third-order valence-electron chi connectivity index (χ3n) is 20.8. The van der Waals surface area contributed by atoms with Gasteiger partial charge in [-0.25, -0.2) is 4.39 Å². The molecule has 17 fully saturated rings. The molecule has 0 amide bonds. The van der Waals surface area contributed by atoms with Crippen molar-refractivity contribution in [3.8, 4) is 0 Å². The molecule has 27 heavy (non-hydrogen) atoms. The Morgan fingerprint density at radius 3 is 1.67 bits per heavy atom. The van der Waals surface area contributed by atoms with E-state index in [2.05, 4.69) is 0 Å². The highest BCUT2D eigenvalue weighted by Crippen LogP contribution is 3.51. The molecule has 0 aliphatic heterocycles. The fourth-order valence-electron chi connectivity index (χ4n) is 25.1. The molecule has 1 heteroatoms. The largest absolute Gasteiger partial charge is 0.246 e. The summed E-state index contributed by atoms with van der Waals surface area (Å²) in [7, 11) is 0.